The molecule has 0 radical (unpaired) electrons. The van der Waals surface area contributed by atoms with Crippen LogP contribution in [0.4, 0.5) is 16.2 Å². The Morgan fingerprint density at radius 2 is 1.91 bits per heavy atom. The van der Waals surface area contributed by atoms with Crippen LogP contribution in [-0.4, -0.2) is 88.6 Å². The van der Waals surface area contributed by atoms with Crippen molar-refractivity contribution in [2.24, 2.45) is 13.0 Å². The van der Waals surface area contributed by atoms with Crippen molar-refractivity contribution in [2.45, 2.75) is 12.8 Å². The van der Waals surface area contributed by atoms with E-state index in [4.69, 9.17) is 9.84 Å². The van der Waals surface area contributed by atoms with Gasteiger partial charge in [-0.25, -0.2) is 4.79 Å². The van der Waals surface area contributed by atoms with E-state index in [2.05, 4.69) is 14.9 Å². The third-order valence-electron chi connectivity index (χ3n) is 6.62. The lowest BCUT2D eigenvalue weighted by Crippen LogP contribution is -2.49. The number of nitro benzene ring substituents is 1. The van der Waals surface area contributed by atoms with Gasteiger partial charge in [0.25, 0.3) is 0 Å². The monoisotopic (exact) mass is 458 g/mol. The quantitative estimate of drug-likeness (QED) is 0.518. The largest absolute Gasteiger partial charge is 0.490 e. The van der Waals surface area contributed by atoms with Crippen molar-refractivity contribution in [2.75, 3.05) is 57.8 Å². The summed E-state index contributed by atoms with van der Waals surface area (Å²) in [6.07, 6.45) is 4.54. The van der Waals surface area contributed by atoms with Gasteiger partial charge in [0, 0.05) is 88.0 Å². The van der Waals surface area contributed by atoms with Gasteiger partial charge in [-0.15, -0.1) is 0 Å². The van der Waals surface area contributed by atoms with Gasteiger partial charge in [0.15, 0.2) is 5.75 Å². The van der Waals surface area contributed by atoms with Gasteiger partial charge < -0.3 is 19.6 Å². The van der Waals surface area contributed by atoms with Crippen LogP contribution in [0.3, 0.4) is 0 Å². The molecule has 2 aliphatic rings. The Labute approximate surface area is 192 Å². The highest BCUT2D eigenvalue weighted by atomic mass is 16.6. The molecule has 3 heterocycles. The van der Waals surface area contributed by atoms with Gasteiger partial charge in [0.05, 0.1) is 18.2 Å². The molecule has 1 aromatic heterocycles. The number of piperazine rings is 1. The zero-order chi connectivity index (χ0) is 23.5. The Balaban J connectivity index is 1.47. The van der Waals surface area contributed by atoms with E-state index in [-0.39, 0.29) is 11.4 Å². The molecule has 2 aromatic rings. The summed E-state index contributed by atoms with van der Waals surface area (Å²) in [5.41, 5.74) is 2.43. The summed E-state index contributed by atoms with van der Waals surface area (Å²) in [6.45, 7) is 5.54. The minimum atomic E-state index is -0.829. The number of piperidine rings is 1. The standard InChI is InChI=1S/C22H30N6O5/c1-24-15-17(13-23-24)18-11-20(28(31)32)21(33-2)12-19(18)26-9-7-25(8-10-26)14-16-3-5-27(6-4-16)22(29)30/h11-13,15-16H,3-10,14H2,1-2H3,(H,29,30). The Kier molecular flexibility index (Phi) is 6.68. The summed E-state index contributed by atoms with van der Waals surface area (Å²) >= 11 is 0. The number of benzene rings is 1. The van der Waals surface area contributed by atoms with Gasteiger partial charge in [-0.3, -0.25) is 19.7 Å². The smallest absolute Gasteiger partial charge is 0.407 e. The maximum atomic E-state index is 11.6. The highest BCUT2D eigenvalue weighted by Gasteiger charge is 2.28. The molecule has 0 saturated carbocycles. The molecule has 0 atom stereocenters. The van der Waals surface area contributed by atoms with Crippen molar-refractivity contribution in [3.63, 3.8) is 0 Å². The molecule has 4 rings (SSSR count). The van der Waals surface area contributed by atoms with Crippen LogP contribution in [0.15, 0.2) is 24.5 Å². The molecule has 2 saturated heterocycles. The van der Waals surface area contributed by atoms with Gasteiger partial charge in [-0.2, -0.15) is 5.10 Å². The van der Waals surface area contributed by atoms with Crippen molar-refractivity contribution < 1.29 is 19.6 Å². The number of rotatable bonds is 6. The fourth-order valence-corrected chi connectivity index (χ4v) is 4.76. The molecule has 1 aromatic carbocycles. The van der Waals surface area contributed by atoms with Crippen LogP contribution in [0.2, 0.25) is 0 Å². The Morgan fingerprint density at radius 3 is 2.45 bits per heavy atom. The minimum absolute atomic E-state index is 0.0635. The molecule has 178 valence electrons. The van der Waals surface area contributed by atoms with Crippen LogP contribution in [-0.2, 0) is 7.05 Å². The number of methoxy groups -OCH3 is 1. The second-order valence-electron chi connectivity index (χ2n) is 8.70. The molecular weight excluding hydrogens is 428 g/mol. The van der Waals surface area contributed by atoms with Crippen LogP contribution < -0.4 is 9.64 Å². The summed E-state index contributed by atoms with van der Waals surface area (Å²) < 4.78 is 7.02. The number of nitro groups is 1. The van der Waals surface area contributed by atoms with E-state index in [0.717, 1.165) is 62.4 Å². The average molecular weight is 459 g/mol. The first-order valence-corrected chi connectivity index (χ1v) is 11.2. The SMILES string of the molecule is COc1cc(N2CCN(CC3CCN(C(=O)O)CC3)CC2)c(-c2cnn(C)c2)cc1[N+](=O)[O-]. The maximum Gasteiger partial charge on any atom is 0.407 e. The van der Waals surface area contributed by atoms with Gasteiger partial charge in [-0.05, 0) is 18.8 Å². The van der Waals surface area contributed by atoms with Crippen molar-refractivity contribution >= 4 is 17.5 Å². The molecule has 2 aliphatic heterocycles. The van der Waals surface area contributed by atoms with E-state index in [0.29, 0.717) is 19.0 Å². The number of amides is 1. The summed E-state index contributed by atoms with van der Waals surface area (Å²) in [5.74, 6) is 0.757. The zero-order valence-corrected chi connectivity index (χ0v) is 19.0. The fraction of sp³-hybridized carbons (Fsp3) is 0.545. The summed E-state index contributed by atoms with van der Waals surface area (Å²) in [5, 5.41) is 25.0. The van der Waals surface area contributed by atoms with Gasteiger partial charge in [-0.1, -0.05) is 0 Å². The molecule has 1 N–H and O–H groups in total. The van der Waals surface area contributed by atoms with E-state index >= 15 is 0 Å². The maximum absolute atomic E-state index is 11.6. The van der Waals surface area contributed by atoms with Gasteiger partial charge in [0.1, 0.15) is 0 Å². The van der Waals surface area contributed by atoms with Crippen LogP contribution >= 0.6 is 0 Å². The fourth-order valence-electron chi connectivity index (χ4n) is 4.76. The van der Waals surface area contributed by atoms with Crippen LogP contribution in [0.1, 0.15) is 12.8 Å². The number of hydrogen-bond donors (Lipinski definition) is 1. The van der Waals surface area contributed by atoms with Gasteiger partial charge >= 0.3 is 11.8 Å². The normalized spacial score (nSPS) is 17.9. The zero-order valence-electron chi connectivity index (χ0n) is 19.0. The first kappa shape index (κ1) is 22.8. The number of aromatic nitrogens is 2. The van der Waals surface area contributed by atoms with Crippen LogP contribution in [0.5, 0.6) is 5.75 Å². The van der Waals surface area contributed by atoms with E-state index < -0.39 is 11.0 Å². The summed E-state index contributed by atoms with van der Waals surface area (Å²) in [4.78, 5) is 28.5. The third-order valence-corrected chi connectivity index (χ3v) is 6.62. The van der Waals surface area contributed by atoms with E-state index in [9.17, 15) is 14.9 Å². The Morgan fingerprint density at radius 1 is 1.21 bits per heavy atom. The molecule has 0 spiro atoms. The topological polar surface area (TPSA) is 117 Å². The summed E-state index contributed by atoms with van der Waals surface area (Å²) in [6, 6.07) is 3.34. The van der Waals surface area contributed by atoms with Crippen molar-refractivity contribution in [3.8, 4) is 16.9 Å². The highest BCUT2D eigenvalue weighted by molar-refractivity contribution is 5.82. The number of hydrogen-bond acceptors (Lipinski definition) is 7. The number of aryl methyl sites for hydroxylation is 1. The number of nitrogens with zero attached hydrogens (tertiary/aromatic N) is 6. The summed E-state index contributed by atoms with van der Waals surface area (Å²) in [7, 11) is 3.27. The number of anilines is 1. The average Bonchev–Trinajstić information content (AvgIpc) is 3.25. The number of ether oxygens (including phenoxy) is 1. The van der Waals surface area contributed by atoms with E-state index in [1.54, 1.807) is 23.0 Å². The lowest BCUT2D eigenvalue weighted by Gasteiger charge is -2.39. The van der Waals surface area contributed by atoms with Crippen LogP contribution in [0.25, 0.3) is 11.1 Å². The predicted molar refractivity (Wildman–Crippen MR) is 123 cm³/mol. The Hall–Kier alpha value is -3.34. The molecule has 0 bridgehead atoms. The second-order valence-corrected chi connectivity index (χ2v) is 8.70. The second kappa shape index (κ2) is 9.65. The van der Waals surface area contributed by atoms with E-state index in [1.165, 1.54) is 12.0 Å². The van der Waals surface area contributed by atoms with Crippen LogP contribution in [0, 0.1) is 16.0 Å². The van der Waals surface area contributed by atoms with Crippen molar-refractivity contribution in [1.29, 1.82) is 0 Å². The third kappa shape index (κ3) is 5.03. The number of likely N-dealkylation sites (tertiary alicyclic amines) is 1. The lowest BCUT2D eigenvalue weighted by atomic mass is 9.96. The minimum Gasteiger partial charge on any atom is -0.490 e. The van der Waals surface area contributed by atoms with Crippen molar-refractivity contribution in [1.82, 2.24) is 19.6 Å². The first-order chi connectivity index (χ1) is 15.9. The predicted octanol–water partition coefficient (Wildman–Crippen LogP) is 2.52. The highest BCUT2D eigenvalue weighted by Crippen LogP contribution is 2.40. The van der Waals surface area contributed by atoms with E-state index in [1.807, 2.05) is 13.2 Å². The number of carbonyl (C=O) groups is 1. The molecular formula is C22H30N6O5. The first-order valence-electron chi connectivity index (χ1n) is 11.2. The molecule has 2 fully saturated rings. The molecule has 33 heavy (non-hydrogen) atoms. The molecule has 1 amide bonds. The van der Waals surface area contributed by atoms with Crippen molar-refractivity contribution in [3.05, 3.63) is 34.6 Å². The molecule has 0 aliphatic carbocycles. The molecule has 0 unspecified atom stereocenters. The number of carboxylic acid groups (broad SMARTS) is 1. The molecule has 11 nitrogen and oxygen atoms in total. The molecule has 11 heteroatoms. The lowest BCUT2D eigenvalue weighted by molar-refractivity contribution is -0.385. The Bertz CT molecular complexity index is 1010. The van der Waals surface area contributed by atoms with Gasteiger partial charge in [0.2, 0.25) is 0 Å².